The standard InChI is InChI=1S/C15H31NO/c1-3-9-15(16-4-2)13-17-12-14-10-7-5-6-8-11-14/h14-16H,3-13H2,1-2H3. The van der Waals surface area contributed by atoms with E-state index in [1.807, 2.05) is 0 Å². The largest absolute Gasteiger partial charge is 0.380 e. The quantitative estimate of drug-likeness (QED) is 0.653. The Hall–Kier alpha value is -0.0800. The number of likely N-dealkylation sites (N-methyl/N-ethyl adjacent to an activating group) is 1. The first-order valence-electron chi connectivity index (χ1n) is 7.68. The van der Waals surface area contributed by atoms with Gasteiger partial charge in [-0.3, -0.25) is 0 Å². The minimum atomic E-state index is 0.566. The molecule has 0 heterocycles. The maximum absolute atomic E-state index is 5.93. The van der Waals surface area contributed by atoms with Gasteiger partial charge >= 0.3 is 0 Å². The average Bonchev–Trinajstić information content (AvgIpc) is 2.58. The lowest BCUT2D eigenvalue weighted by Crippen LogP contribution is -2.33. The molecule has 0 aromatic rings. The molecule has 1 N–H and O–H groups in total. The monoisotopic (exact) mass is 241 g/mol. The molecule has 1 saturated carbocycles. The Bertz CT molecular complexity index is 156. The van der Waals surface area contributed by atoms with Gasteiger partial charge in [0, 0.05) is 12.6 Å². The molecule has 0 saturated heterocycles. The minimum Gasteiger partial charge on any atom is -0.380 e. The van der Waals surface area contributed by atoms with E-state index in [2.05, 4.69) is 19.2 Å². The van der Waals surface area contributed by atoms with Crippen LogP contribution in [0.4, 0.5) is 0 Å². The summed E-state index contributed by atoms with van der Waals surface area (Å²) in [5, 5.41) is 3.51. The van der Waals surface area contributed by atoms with Crippen LogP contribution in [-0.2, 0) is 4.74 Å². The van der Waals surface area contributed by atoms with Gasteiger partial charge in [0.1, 0.15) is 0 Å². The Morgan fingerprint density at radius 2 is 1.82 bits per heavy atom. The molecule has 1 atom stereocenters. The van der Waals surface area contributed by atoms with Crippen molar-refractivity contribution in [1.82, 2.24) is 5.32 Å². The van der Waals surface area contributed by atoms with Crippen LogP contribution in [-0.4, -0.2) is 25.8 Å². The maximum atomic E-state index is 5.93. The van der Waals surface area contributed by atoms with Crippen LogP contribution in [0.25, 0.3) is 0 Å². The molecule has 0 spiro atoms. The SMILES string of the molecule is CCCC(COCC1CCCCCC1)NCC. The zero-order valence-corrected chi connectivity index (χ0v) is 11.8. The summed E-state index contributed by atoms with van der Waals surface area (Å²) in [6.45, 7) is 7.37. The van der Waals surface area contributed by atoms with Gasteiger partial charge in [-0.2, -0.15) is 0 Å². The molecule has 1 fully saturated rings. The summed E-state index contributed by atoms with van der Waals surface area (Å²) >= 11 is 0. The summed E-state index contributed by atoms with van der Waals surface area (Å²) in [6.07, 6.45) is 11.0. The Kier molecular flexibility index (Phi) is 8.72. The predicted molar refractivity (Wildman–Crippen MR) is 74.4 cm³/mol. The first-order chi connectivity index (χ1) is 8.36. The maximum Gasteiger partial charge on any atom is 0.0619 e. The minimum absolute atomic E-state index is 0.566. The summed E-state index contributed by atoms with van der Waals surface area (Å²) in [6, 6.07) is 0.566. The third kappa shape index (κ3) is 7.05. The van der Waals surface area contributed by atoms with Gasteiger partial charge in [0.25, 0.3) is 0 Å². The van der Waals surface area contributed by atoms with Crippen LogP contribution in [0.5, 0.6) is 0 Å². The van der Waals surface area contributed by atoms with Gasteiger partial charge in [0.2, 0.25) is 0 Å². The number of hydrogen-bond acceptors (Lipinski definition) is 2. The van der Waals surface area contributed by atoms with E-state index in [0.717, 1.165) is 25.7 Å². The summed E-state index contributed by atoms with van der Waals surface area (Å²) < 4.78 is 5.93. The van der Waals surface area contributed by atoms with E-state index < -0.39 is 0 Å². The Morgan fingerprint density at radius 1 is 1.12 bits per heavy atom. The van der Waals surface area contributed by atoms with Gasteiger partial charge in [-0.05, 0) is 31.7 Å². The molecule has 0 radical (unpaired) electrons. The molecule has 102 valence electrons. The molecule has 2 heteroatoms. The molecule has 0 aromatic heterocycles. The summed E-state index contributed by atoms with van der Waals surface area (Å²) in [4.78, 5) is 0. The molecular weight excluding hydrogens is 210 g/mol. The first-order valence-corrected chi connectivity index (χ1v) is 7.68. The summed E-state index contributed by atoms with van der Waals surface area (Å²) in [7, 11) is 0. The van der Waals surface area contributed by atoms with Gasteiger partial charge in [-0.1, -0.05) is 46.0 Å². The highest BCUT2D eigenvalue weighted by Crippen LogP contribution is 2.22. The molecule has 1 unspecified atom stereocenters. The van der Waals surface area contributed by atoms with E-state index in [1.54, 1.807) is 0 Å². The van der Waals surface area contributed by atoms with Crippen LogP contribution in [0.2, 0.25) is 0 Å². The molecule has 1 rings (SSSR count). The molecule has 0 aromatic carbocycles. The van der Waals surface area contributed by atoms with E-state index in [0.29, 0.717) is 6.04 Å². The lowest BCUT2D eigenvalue weighted by molar-refractivity contribution is 0.0750. The van der Waals surface area contributed by atoms with Crippen molar-refractivity contribution >= 4 is 0 Å². The first kappa shape index (κ1) is 15.0. The van der Waals surface area contributed by atoms with Gasteiger partial charge in [0.15, 0.2) is 0 Å². The zero-order chi connectivity index (χ0) is 12.3. The number of nitrogens with one attached hydrogen (secondary N) is 1. The highest BCUT2D eigenvalue weighted by molar-refractivity contribution is 4.67. The summed E-state index contributed by atoms with van der Waals surface area (Å²) in [5.41, 5.74) is 0. The van der Waals surface area contributed by atoms with Crippen molar-refractivity contribution in [2.45, 2.75) is 71.3 Å². The van der Waals surface area contributed by atoms with Crippen LogP contribution in [0.3, 0.4) is 0 Å². The fourth-order valence-corrected chi connectivity index (χ4v) is 2.79. The van der Waals surface area contributed by atoms with Gasteiger partial charge in [-0.25, -0.2) is 0 Å². The highest BCUT2D eigenvalue weighted by atomic mass is 16.5. The van der Waals surface area contributed by atoms with Crippen molar-refractivity contribution in [3.8, 4) is 0 Å². The van der Waals surface area contributed by atoms with E-state index >= 15 is 0 Å². The molecule has 2 nitrogen and oxygen atoms in total. The van der Waals surface area contributed by atoms with E-state index in [4.69, 9.17) is 4.74 Å². The van der Waals surface area contributed by atoms with Crippen LogP contribution in [0.15, 0.2) is 0 Å². The van der Waals surface area contributed by atoms with Gasteiger partial charge in [-0.15, -0.1) is 0 Å². The highest BCUT2D eigenvalue weighted by Gasteiger charge is 2.13. The van der Waals surface area contributed by atoms with Crippen LogP contribution < -0.4 is 5.32 Å². The van der Waals surface area contributed by atoms with E-state index in [9.17, 15) is 0 Å². The fourth-order valence-electron chi connectivity index (χ4n) is 2.79. The van der Waals surface area contributed by atoms with Crippen molar-refractivity contribution in [3.63, 3.8) is 0 Å². The average molecular weight is 241 g/mol. The smallest absolute Gasteiger partial charge is 0.0619 e. The molecule has 1 aliphatic carbocycles. The Morgan fingerprint density at radius 3 is 2.41 bits per heavy atom. The molecule has 1 aliphatic rings. The topological polar surface area (TPSA) is 21.3 Å². The van der Waals surface area contributed by atoms with Crippen molar-refractivity contribution in [2.75, 3.05) is 19.8 Å². The van der Waals surface area contributed by atoms with E-state index in [1.165, 1.54) is 51.4 Å². The van der Waals surface area contributed by atoms with Crippen molar-refractivity contribution in [3.05, 3.63) is 0 Å². The second-order valence-electron chi connectivity index (χ2n) is 5.44. The lowest BCUT2D eigenvalue weighted by Gasteiger charge is -2.20. The Labute approximate surface area is 108 Å². The number of rotatable bonds is 8. The molecule has 17 heavy (non-hydrogen) atoms. The van der Waals surface area contributed by atoms with Gasteiger partial charge in [0.05, 0.1) is 6.61 Å². The number of ether oxygens (including phenoxy) is 1. The van der Waals surface area contributed by atoms with Gasteiger partial charge < -0.3 is 10.1 Å². The lowest BCUT2D eigenvalue weighted by atomic mass is 10.0. The van der Waals surface area contributed by atoms with Crippen molar-refractivity contribution in [2.24, 2.45) is 5.92 Å². The van der Waals surface area contributed by atoms with Crippen LogP contribution >= 0.6 is 0 Å². The third-order valence-corrected chi connectivity index (χ3v) is 3.78. The predicted octanol–water partition coefficient (Wildman–Crippen LogP) is 3.75. The van der Waals surface area contributed by atoms with E-state index in [-0.39, 0.29) is 0 Å². The second-order valence-corrected chi connectivity index (χ2v) is 5.44. The second kappa shape index (κ2) is 9.90. The molecular formula is C15H31NO. The Balaban J connectivity index is 2.10. The molecule has 0 bridgehead atoms. The van der Waals surface area contributed by atoms with Crippen LogP contribution in [0, 0.1) is 5.92 Å². The fraction of sp³-hybridized carbons (Fsp3) is 1.00. The molecule has 0 amide bonds. The zero-order valence-electron chi connectivity index (χ0n) is 11.8. The van der Waals surface area contributed by atoms with Crippen molar-refractivity contribution < 1.29 is 4.74 Å². The molecule has 0 aliphatic heterocycles. The third-order valence-electron chi connectivity index (χ3n) is 3.78. The number of hydrogen-bond donors (Lipinski definition) is 1. The summed E-state index contributed by atoms with van der Waals surface area (Å²) in [5.74, 6) is 0.835. The normalized spacial score (nSPS) is 20.1. The van der Waals surface area contributed by atoms with Crippen LogP contribution in [0.1, 0.15) is 65.2 Å². The van der Waals surface area contributed by atoms with Crippen molar-refractivity contribution in [1.29, 1.82) is 0 Å².